The Morgan fingerprint density at radius 1 is 1.25 bits per heavy atom. The van der Waals surface area contributed by atoms with Crippen LogP contribution in [0.3, 0.4) is 0 Å². The number of hydrogen-bond acceptors (Lipinski definition) is 8. The van der Waals surface area contributed by atoms with E-state index >= 15 is 0 Å². The van der Waals surface area contributed by atoms with Gasteiger partial charge in [-0.3, -0.25) is 15.1 Å². The molecule has 9 heteroatoms. The largest absolute Gasteiger partial charge is 0.490 e. The summed E-state index contributed by atoms with van der Waals surface area (Å²) in [6.45, 7) is 0. The second kappa shape index (κ2) is 7.09. The summed E-state index contributed by atoms with van der Waals surface area (Å²) in [6.07, 6.45) is 3.28. The SMILES string of the molecule is COc1ccc(CSc2nnc(-c3ccncc3)o2)cc1[N+](=O)[O-]. The number of methoxy groups -OCH3 is 1. The molecular weight excluding hydrogens is 332 g/mol. The van der Waals surface area contributed by atoms with E-state index in [1.165, 1.54) is 24.9 Å². The van der Waals surface area contributed by atoms with Crippen LogP contribution in [0.4, 0.5) is 5.69 Å². The molecule has 8 nitrogen and oxygen atoms in total. The van der Waals surface area contributed by atoms with E-state index < -0.39 is 4.92 Å². The minimum absolute atomic E-state index is 0.0707. The molecule has 0 atom stereocenters. The summed E-state index contributed by atoms with van der Waals surface area (Å²) >= 11 is 1.30. The third-order valence-corrected chi connectivity index (χ3v) is 4.03. The third kappa shape index (κ3) is 3.51. The van der Waals surface area contributed by atoms with Crippen molar-refractivity contribution in [3.63, 3.8) is 0 Å². The Hall–Kier alpha value is -2.94. The number of benzene rings is 1. The van der Waals surface area contributed by atoms with Crippen molar-refractivity contribution in [1.29, 1.82) is 0 Å². The number of ether oxygens (including phenoxy) is 1. The second-order valence-corrected chi connectivity index (χ2v) is 5.59. The van der Waals surface area contributed by atoms with Gasteiger partial charge in [-0.15, -0.1) is 10.2 Å². The topological polar surface area (TPSA) is 104 Å². The maximum absolute atomic E-state index is 11.0. The Balaban J connectivity index is 1.71. The molecule has 0 unspecified atom stereocenters. The number of rotatable bonds is 6. The molecule has 0 aliphatic carbocycles. The van der Waals surface area contributed by atoms with Gasteiger partial charge in [0.15, 0.2) is 5.75 Å². The summed E-state index contributed by atoms with van der Waals surface area (Å²) in [5, 5.41) is 19.4. The van der Waals surface area contributed by atoms with Crippen LogP contribution in [-0.4, -0.2) is 27.2 Å². The lowest BCUT2D eigenvalue weighted by atomic mass is 10.2. The summed E-state index contributed by atoms with van der Waals surface area (Å²) in [5.74, 6) is 1.09. The van der Waals surface area contributed by atoms with Gasteiger partial charge in [0.25, 0.3) is 5.22 Å². The standard InChI is InChI=1S/C15H12N4O4S/c1-22-13-3-2-10(8-12(13)19(20)21)9-24-15-18-17-14(23-15)11-4-6-16-7-5-11/h2-8H,9H2,1H3. The van der Waals surface area contributed by atoms with Crippen LogP contribution in [0.2, 0.25) is 0 Å². The molecule has 0 bridgehead atoms. The van der Waals surface area contributed by atoms with Crippen molar-refractivity contribution in [2.45, 2.75) is 11.0 Å². The summed E-state index contributed by atoms with van der Waals surface area (Å²) < 4.78 is 10.6. The number of hydrogen-bond donors (Lipinski definition) is 0. The number of nitrogens with zero attached hydrogens (tertiary/aromatic N) is 4. The van der Waals surface area contributed by atoms with E-state index in [1.54, 1.807) is 36.7 Å². The molecule has 0 aliphatic rings. The molecule has 0 spiro atoms. The predicted octanol–water partition coefficient (Wildman–Crippen LogP) is 3.34. The van der Waals surface area contributed by atoms with E-state index in [1.807, 2.05) is 0 Å². The first kappa shape index (κ1) is 15.9. The van der Waals surface area contributed by atoms with Crippen LogP contribution in [0, 0.1) is 10.1 Å². The summed E-state index contributed by atoms with van der Waals surface area (Å²) in [4.78, 5) is 14.5. The first-order valence-electron chi connectivity index (χ1n) is 6.85. The highest BCUT2D eigenvalue weighted by Crippen LogP contribution is 2.31. The van der Waals surface area contributed by atoms with Gasteiger partial charge < -0.3 is 9.15 Å². The lowest BCUT2D eigenvalue weighted by molar-refractivity contribution is -0.385. The lowest BCUT2D eigenvalue weighted by Crippen LogP contribution is -1.95. The molecule has 122 valence electrons. The maximum Gasteiger partial charge on any atom is 0.311 e. The lowest BCUT2D eigenvalue weighted by Gasteiger charge is -2.03. The molecule has 0 fully saturated rings. The number of nitro benzene ring substituents is 1. The van der Waals surface area contributed by atoms with Crippen molar-refractivity contribution in [2.75, 3.05) is 7.11 Å². The Kier molecular flexibility index (Phi) is 4.71. The molecule has 0 aliphatic heterocycles. The molecule has 0 N–H and O–H groups in total. The number of aromatic nitrogens is 3. The highest BCUT2D eigenvalue weighted by molar-refractivity contribution is 7.98. The summed E-state index contributed by atoms with van der Waals surface area (Å²) in [6, 6.07) is 8.36. The Morgan fingerprint density at radius 3 is 2.75 bits per heavy atom. The van der Waals surface area contributed by atoms with Gasteiger partial charge in [0.05, 0.1) is 12.0 Å². The Labute approximate surface area is 141 Å². The smallest absolute Gasteiger partial charge is 0.311 e. The van der Waals surface area contributed by atoms with Crippen molar-refractivity contribution >= 4 is 17.4 Å². The fourth-order valence-corrected chi connectivity index (χ4v) is 2.70. The highest BCUT2D eigenvalue weighted by Gasteiger charge is 2.16. The van der Waals surface area contributed by atoms with E-state index in [9.17, 15) is 10.1 Å². The average molecular weight is 344 g/mol. The zero-order valence-corrected chi connectivity index (χ0v) is 13.4. The zero-order valence-electron chi connectivity index (χ0n) is 12.6. The van der Waals surface area contributed by atoms with Crippen LogP contribution >= 0.6 is 11.8 Å². The fourth-order valence-electron chi connectivity index (χ4n) is 1.99. The molecule has 1 aromatic carbocycles. The third-order valence-electron chi connectivity index (χ3n) is 3.14. The molecule has 2 heterocycles. The van der Waals surface area contributed by atoms with Crippen LogP contribution < -0.4 is 4.74 Å². The molecule has 0 saturated carbocycles. The van der Waals surface area contributed by atoms with Crippen LogP contribution in [0.5, 0.6) is 5.75 Å². The number of pyridine rings is 1. The molecule has 24 heavy (non-hydrogen) atoms. The van der Waals surface area contributed by atoms with Crippen LogP contribution in [0.1, 0.15) is 5.56 Å². The van der Waals surface area contributed by atoms with Gasteiger partial charge in [0.1, 0.15) is 0 Å². The van der Waals surface area contributed by atoms with Crippen LogP contribution in [0.25, 0.3) is 11.5 Å². The van der Waals surface area contributed by atoms with Gasteiger partial charge in [0, 0.05) is 29.8 Å². The van der Waals surface area contributed by atoms with Gasteiger partial charge >= 0.3 is 5.69 Å². The zero-order chi connectivity index (χ0) is 16.9. The van der Waals surface area contributed by atoms with Gasteiger partial charge in [-0.1, -0.05) is 17.8 Å². The van der Waals surface area contributed by atoms with Crippen LogP contribution in [-0.2, 0) is 5.75 Å². The van der Waals surface area contributed by atoms with Gasteiger partial charge in [0.2, 0.25) is 5.89 Å². The number of nitro groups is 1. The highest BCUT2D eigenvalue weighted by atomic mass is 32.2. The molecule has 0 radical (unpaired) electrons. The summed E-state index contributed by atoms with van der Waals surface area (Å²) in [7, 11) is 1.40. The fraction of sp³-hybridized carbons (Fsp3) is 0.133. The molecule has 3 aromatic rings. The van der Waals surface area contributed by atoms with E-state index in [-0.39, 0.29) is 11.4 Å². The normalized spacial score (nSPS) is 10.5. The van der Waals surface area contributed by atoms with Gasteiger partial charge in [-0.25, -0.2) is 0 Å². The van der Waals surface area contributed by atoms with Crippen molar-refractivity contribution in [3.05, 3.63) is 58.4 Å². The van der Waals surface area contributed by atoms with Crippen molar-refractivity contribution < 1.29 is 14.1 Å². The van der Waals surface area contributed by atoms with E-state index in [4.69, 9.17) is 9.15 Å². The molecule has 3 rings (SSSR count). The molecule has 0 amide bonds. The van der Waals surface area contributed by atoms with Crippen molar-refractivity contribution in [1.82, 2.24) is 15.2 Å². The quantitative estimate of drug-likeness (QED) is 0.381. The second-order valence-electron chi connectivity index (χ2n) is 4.66. The van der Waals surface area contributed by atoms with Crippen molar-refractivity contribution in [2.24, 2.45) is 0 Å². The molecular formula is C15H12N4O4S. The Morgan fingerprint density at radius 2 is 2.04 bits per heavy atom. The minimum Gasteiger partial charge on any atom is -0.490 e. The minimum atomic E-state index is -0.471. The van der Waals surface area contributed by atoms with Crippen LogP contribution in [0.15, 0.2) is 52.4 Å². The first-order chi connectivity index (χ1) is 11.7. The number of thioether (sulfide) groups is 1. The van der Waals surface area contributed by atoms with E-state index in [2.05, 4.69) is 15.2 Å². The summed E-state index contributed by atoms with van der Waals surface area (Å²) in [5.41, 5.74) is 1.47. The Bertz CT molecular complexity index is 854. The molecule has 2 aromatic heterocycles. The monoisotopic (exact) mass is 344 g/mol. The van der Waals surface area contributed by atoms with E-state index in [0.29, 0.717) is 16.9 Å². The average Bonchev–Trinajstić information content (AvgIpc) is 3.09. The van der Waals surface area contributed by atoms with Gasteiger partial charge in [-0.05, 0) is 23.8 Å². The van der Waals surface area contributed by atoms with Crippen molar-refractivity contribution in [3.8, 4) is 17.2 Å². The first-order valence-corrected chi connectivity index (χ1v) is 7.84. The van der Waals surface area contributed by atoms with E-state index in [0.717, 1.165) is 11.1 Å². The molecule has 0 saturated heterocycles. The maximum atomic E-state index is 11.0. The van der Waals surface area contributed by atoms with Gasteiger partial charge in [-0.2, -0.15) is 0 Å². The predicted molar refractivity (Wildman–Crippen MR) is 86.7 cm³/mol.